The second-order valence-electron chi connectivity index (χ2n) is 5.56. The second kappa shape index (κ2) is 7.81. The zero-order chi connectivity index (χ0) is 17.6. The maximum atomic E-state index is 12.9. The highest BCUT2D eigenvalue weighted by molar-refractivity contribution is 6.30. The van der Waals surface area contributed by atoms with Crippen LogP contribution in [0.3, 0.4) is 0 Å². The lowest BCUT2D eigenvalue weighted by Crippen LogP contribution is -2.14. The summed E-state index contributed by atoms with van der Waals surface area (Å²) in [5.74, 6) is -0.483. The Balaban J connectivity index is 1.58. The van der Waals surface area contributed by atoms with Crippen LogP contribution in [0.15, 0.2) is 72.8 Å². The Morgan fingerprint density at radius 2 is 1.56 bits per heavy atom. The smallest absolute Gasteiger partial charge is 0.228 e. The molecule has 0 spiro atoms. The van der Waals surface area contributed by atoms with Crippen LogP contribution in [0.2, 0.25) is 5.02 Å². The minimum absolute atomic E-state index is 0.151. The van der Waals surface area contributed by atoms with Gasteiger partial charge in [-0.25, -0.2) is 4.39 Å². The molecular weight excluding hydrogens is 339 g/mol. The summed E-state index contributed by atoms with van der Waals surface area (Å²) in [6, 6.07) is 20.7. The predicted octanol–water partition coefficient (Wildman–Crippen LogP) is 5.40. The molecule has 0 saturated heterocycles. The molecule has 126 valence electrons. The van der Waals surface area contributed by atoms with E-state index in [9.17, 15) is 9.18 Å². The summed E-state index contributed by atoms with van der Waals surface area (Å²) in [6.45, 7) is 0. The van der Waals surface area contributed by atoms with Crippen molar-refractivity contribution >= 4 is 34.6 Å². The summed E-state index contributed by atoms with van der Waals surface area (Å²) in [7, 11) is 0. The molecule has 0 unspecified atom stereocenters. The standard InChI is InChI=1S/C20H16ClFN2O/c21-15-2-1-3-19(13-15)23-17-8-4-14(5-9-17)12-20(25)24-18-10-6-16(22)7-11-18/h1-11,13,23H,12H2,(H,24,25). The van der Waals surface area contributed by atoms with E-state index in [0.29, 0.717) is 10.7 Å². The Labute approximate surface area is 150 Å². The van der Waals surface area contributed by atoms with Crippen LogP contribution in [0.1, 0.15) is 5.56 Å². The zero-order valence-corrected chi connectivity index (χ0v) is 14.1. The van der Waals surface area contributed by atoms with Crippen molar-refractivity contribution in [1.82, 2.24) is 0 Å². The van der Waals surface area contributed by atoms with E-state index in [1.54, 1.807) is 0 Å². The van der Waals surface area contributed by atoms with Gasteiger partial charge in [0.15, 0.2) is 0 Å². The Morgan fingerprint density at radius 1 is 0.880 bits per heavy atom. The van der Waals surface area contributed by atoms with E-state index >= 15 is 0 Å². The number of nitrogens with one attached hydrogen (secondary N) is 2. The summed E-state index contributed by atoms with van der Waals surface area (Å²) in [5, 5.41) is 6.66. The van der Waals surface area contributed by atoms with Crippen LogP contribution >= 0.6 is 11.6 Å². The molecule has 0 aromatic heterocycles. The number of benzene rings is 3. The minimum atomic E-state index is -0.333. The van der Waals surface area contributed by atoms with Gasteiger partial charge in [-0.3, -0.25) is 4.79 Å². The van der Waals surface area contributed by atoms with E-state index in [1.807, 2.05) is 48.5 Å². The largest absolute Gasteiger partial charge is 0.355 e. The fourth-order valence-corrected chi connectivity index (χ4v) is 2.55. The molecule has 0 bridgehead atoms. The van der Waals surface area contributed by atoms with E-state index in [0.717, 1.165) is 16.9 Å². The van der Waals surface area contributed by atoms with Gasteiger partial charge in [-0.05, 0) is 60.2 Å². The molecule has 0 aliphatic rings. The van der Waals surface area contributed by atoms with Crippen molar-refractivity contribution in [3.63, 3.8) is 0 Å². The average molecular weight is 355 g/mol. The quantitative estimate of drug-likeness (QED) is 0.643. The molecule has 0 aliphatic heterocycles. The van der Waals surface area contributed by atoms with Gasteiger partial charge in [0, 0.05) is 22.1 Å². The van der Waals surface area contributed by atoms with Gasteiger partial charge >= 0.3 is 0 Å². The van der Waals surface area contributed by atoms with Gasteiger partial charge in [0.1, 0.15) is 5.82 Å². The number of carbonyl (C=O) groups excluding carboxylic acids is 1. The number of anilines is 3. The van der Waals surface area contributed by atoms with Crippen LogP contribution in [0.5, 0.6) is 0 Å². The number of carbonyl (C=O) groups is 1. The van der Waals surface area contributed by atoms with E-state index in [2.05, 4.69) is 10.6 Å². The molecule has 0 heterocycles. The Bertz CT molecular complexity index is 864. The van der Waals surface area contributed by atoms with E-state index in [4.69, 9.17) is 11.6 Å². The first kappa shape index (κ1) is 17.0. The molecule has 2 N–H and O–H groups in total. The molecule has 0 aliphatic carbocycles. The number of rotatable bonds is 5. The van der Waals surface area contributed by atoms with Gasteiger partial charge in [0.2, 0.25) is 5.91 Å². The second-order valence-corrected chi connectivity index (χ2v) is 6.00. The van der Waals surface area contributed by atoms with Crippen molar-refractivity contribution in [3.05, 3.63) is 89.2 Å². The van der Waals surface area contributed by atoms with Gasteiger partial charge in [0.05, 0.1) is 6.42 Å². The SMILES string of the molecule is O=C(Cc1ccc(Nc2cccc(Cl)c2)cc1)Nc1ccc(F)cc1. The van der Waals surface area contributed by atoms with E-state index < -0.39 is 0 Å². The van der Waals surface area contributed by atoms with Gasteiger partial charge in [-0.15, -0.1) is 0 Å². The summed E-state index contributed by atoms with van der Waals surface area (Å²) in [5.41, 5.74) is 3.26. The zero-order valence-electron chi connectivity index (χ0n) is 13.3. The number of hydrogen-bond acceptors (Lipinski definition) is 2. The average Bonchev–Trinajstić information content (AvgIpc) is 2.59. The molecule has 0 radical (unpaired) electrons. The molecule has 0 saturated carbocycles. The number of hydrogen-bond donors (Lipinski definition) is 2. The topological polar surface area (TPSA) is 41.1 Å². The molecule has 3 aromatic carbocycles. The Kier molecular flexibility index (Phi) is 5.31. The predicted molar refractivity (Wildman–Crippen MR) is 99.9 cm³/mol. The fraction of sp³-hybridized carbons (Fsp3) is 0.0500. The van der Waals surface area contributed by atoms with Gasteiger partial charge in [0.25, 0.3) is 0 Å². The first-order valence-corrected chi connectivity index (χ1v) is 8.13. The molecule has 3 aromatic rings. The molecular formula is C20H16ClFN2O. The Morgan fingerprint density at radius 3 is 2.24 bits per heavy atom. The normalized spacial score (nSPS) is 10.3. The summed E-state index contributed by atoms with van der Waals surface area (Å²) in [4.78, 5) is 12.0. The maximum absolute atomic E-state index is 12.9. The molecule has 3 nitrogen and oxygen atoms in total. The van der Waals surface area contributed by atoms with Crippen LogP contribution in [0.4, 0.5) is 21.5 Å². The minimum Gasteiger partial charge on any atom is -0.355 e. The first-order valence-electron chi connectivity index (χ1n) is 7.75. The third-order valence-electron chi connectivity index (χ3n) is 3.56. The van der Waals surface area contributed by atoms with Crippen LogP contribution in [-0.4, -0.2) is 5.91 Å². The fourth-order valence-electron chi connectivity index (χ4n) is 2.36. The van der Waals surface area contributed by atoms with Crippen molar-refractivity contribution in [1.29, 1.82) is 0 Å². The van der Waals surface area contributed by atoms with Crippen LogP contribution in [-0.2, 0) is 11.2 Å². The molecule has 3 rings (SSSR count). The van der Waals surface area contributed by atoms with Crippen molar-refractivity contribution < 1.29 is 9.18 Å². The summed E-state index contributed by atoms with van der Waals surface area (Å²) in [6.07, 6.45) is 0.245. The van der Waals surface area contributed by atoms with Crippen molar-refractivity contribution in [2.45, 2.75) is 6.42 Å². The first-order chi connectivity index (χ1) is 12.1. The van der Waals surface area contributed by atoms with Crippen LogP contribution in [0, 0.1) is 5.82 Å². The highest BCUT2D eigenvalue weighted by Crippen LogP contribution is 2.20. The molecule has 25 heavy (non-hydrogen) atoms. The van der Waals surface area contributed by atoms with Crippen LogP contribution in [0.25, 0.3) is 0 Å². The van der Waals surface area contributed by atoms with Crippen molar-refractivity contribution in [2.75, 3.05) is 10.6 Å². The number of halogens is 2. The number of amides is 1. The van der Waals surface area contributed by atoms with Crippen LogP contribution < -0.4 is 10.6 Å². The maximum Gasteiger partial charge on any atom is 0.228 e. The van der Waals surface area contributed by atoms with Gasteiger partial charge in [-0.1, -0.05) is 29.8 Å². The van der Waals surface area contributed by atoms with E-state index in [1.165, 1.54) is 24.3 Å². The lowest BCUT2D eigenvalue weighted by atomic mass is 10.1. The van der Waals surface area contributed by atoms with Crippen molar-refractivity contribution in [2.24, 2.45) is 0 Å². The highest BCUT2D eigenvalue weighted by atomic mass is 35.5. The summed E-state index contributed by atoms with van der Waals surface area (Å²) < 4.78 is 12.9. The summed E-state index contributed by atoms with van der Waals surface area (Å²) >= 11 is 5.96. The molecule has 1 amide bonds. The highest BCUT2D eigenvalue weighted by Gasteiger charge is 2.05. The molecule has 0 atom stereocenters. The molecule has 5 heteroatoms. The van der Waals surface area contributed by atoms with Gasteiger partial charge < -0.3 is 10.6 Å². The lowest BCUT2D eigenvalue weighted by Gasteiger charge is -2.08. The third kappa shape index (κ3) is 5.06. The van der Waals surface area contributed by atoms with Gasteiger partial charge in [-0.2, -0.15) is 0 Å². The Hall–Kier alpha value is -2.85. The van der Waals surface area contributed by atoms with E-state index in [-0.39, 0.29) is 18.1 Å². The third-order valence-corrected chi connectivity index (χ3v) is 3.79. The monoisotopic (exact) mass is 354 g/mol. The van der Waals surface area contributed by atoms with Crippen molar-refractivity contribution in [3.8, 4) is 0 Å². The molecule has 0 fully saturated rings. The lowest BCUT2D eigenvalue weighted by molar-refractivity contribution is -0.115.